The van der Waals surface area contributed by atoms with Crippen molar-refractivity contribution in [3.05, 3.63) is 0 Å². The molecular weight excluding hydrogens is 993 g/mol. The lowest BCUT2D eigenvalue weighted by atomic mass is 9.70. The Morgan fingerprint density at radius 3 is 1.56 bits per heavy atom. The first-order chi connectivity index (χ1) is 36.4. The number of carbonyl (C=O) groups is 7. The molecule has 432 valence electrons. The summed E-state index contributed by atoms with van der Waals surface area (Å²) >= 11 is 0. The van der Waals surface area contributed by atoms with E-state index in [-0.39, 0.29) is 75.0 Å². The Hall–Kier alpha value is -3.68. The van der Waals surface area contributed by atoms with E-state index in [0.717, 1.165) is 0 Å². The van der Waals surface area contributed by atoms with Crippen LogP contribution in [0.2, 0.25) is 17.5 Å². The van der Waals surface area contributed by atoms with E-state index >= 15 is 0 Å². The molecule has 22 nitrogen and oxygen atoms in total. The topological polar surface area (TPSA) is 319 Å². The average Bonchev–Trinajstić information content (AvgIpc) is 3.37. The van der Waals surface area contributed by atoms with E-state index in [4.69, 9.17) is 48.2 Å². The summed E-state index contributed by atoms with van der Waals surface area (Å²) in [5.41, 5.74) is 5.42. The molecule has 3 aliphatic rings. The summed E-state index contributed by atoms with van der Waals surface area (Å²) in [5, 5.41) is 49.2. The van der Waals surface area contributed by atoms with Gasteiger partial charge in [0.25, 0.3) is 0 Å². The number of carbonyl (C=O) groups excluding carboxylic acids is 7. The minimum Gasteiger partial charge on any atom is -0.391 e. The van der Waals surface area contributed by atoms with Crippen LogP contribution in [0, 0.1) is 17.8 Å². The molecule has 0 aliphatic carbocycles. The number of rotatable bonds is 34. The molecule has 6 radical (unpaired) electrons. The standard InChI is InChI=1S/C52H91B3N8O14/c1-9-35(22-28(2)51(56)72)52(73)59-26-58-27-74-25-36(16-10-11-17-38-45(60-32(6)64)42(53)48(69)29(3)75-38)37(67)24-63(21-15-13-19-40-47(62-34(8)66)44(55)50(71)31(5)77-40)41(68)23-57-20-14-12-18-39-46(61-33(7)65)43(54)49(70)30(4)76-39/h28-31,35-36,38-40,42-50,57-58,69-71H,9-27H2,1-8H3,(H2,56,72)(H,59,73)(H,60,64)(H,61,65)(H,62,66). The molecule has 11 N–H and O–H groups in total. The number of aliphatic hydroxyl groups excluding tert-OH is 3. The van der Waals surface area contributed by atoms with Gasteiger partial charge in [-0.3, -0.25) is 38.9 Å². The van der Waals surface area contributed by atoms with Crippen molar-refractivity contribution in [3.8, 4) is 0 Å². The molecule has 3 aliphatic heterocycles. The number of hydrogen-bond donors (Lipinski definition) is 10. The number of hydrogen-bond acceptors (Lipinski definition) is 16. The Bertz CT molecular complexity index is 1870. The lowest BCUT2D eigenvalue weighted by Gasteiger charge is -2.43. The van der Waals surface area contributed by atoms with E-state index in [9.17, 15) is 48.9 Å². The molecule has 3 fully saturated rings. The van der Waals surface area contributed by atoms with Gasteiger partial charge in [0.1, 0.15) is 0 Å². The minimum atomic E-state index is -0.985. The molecule has 25 heteroatoms. The van der Waals surface area contributed by atoms with Gasteiger partial charge in [0.15, 0.2) is 5.78 Å². The number of nitrogens with two attached hydrogens (primary N) is 1. The van der Waals surface area contributed by atoms with Crippen molar-refractivity contribution in [2.75, 3.05) is 46.2 Å². The third-order valence-electron chi connectivity index (χ3n) is 15.2. The van der Waals surface area contributed by atoms with E-state index < -0.39 is 114 Å². The molecule has 0 saturated carbocycles. The highest BCUT2D eigenvalue weighted by atomic mass is 16.5. The van der Waals surface area contributed by atoms with Crippen molar-refractivity contribution in [1.29, 1.82) is 0 Å². The number of nitrogens with one attached hydrogen (secondary N) is 6. The van der Waals surface area contributed by atoms with Crippen LogP contribution in [0.1, 0.15) is 132 Å². The smallest absolute Gasteiger partial charge is 0.236 e. The third-order valence-corrected chi connectivity index (χ3v) is 15.2. The maximum absolute atomic E-state index is 14.5. The Kier molecular flexibility index (Phi) is 30.3. The van der Waals surface area contributed by atoms with Crippen molar-refractivity contribution in [2.24, 2.45) is 23.5 Å². The number of aliphatic hydroxyl groups is 3. The van der Waals surface area contributed by atoms with Gasteiger partial charge in [-0.15, -0.1) is 0 Å². The van der Waals surface area contributed by atoms with Gasteiger partial charge in [0.05, 0.1) is 130 Å². The fourth-order valence-corrected chi connectivity index (χ4v) is 10.5. The summed E-state index contributed by atoms with van der Waals surface area (Å²) in [6.07, 6.45) is 0.124. The highest BCUT2D eigenvalue weighted by Gasteiger charge is 2.43. The van der Waals surface area contributed by atoms with Crippen LogP contribution in [0.3, 0.4) is 0 Å². The van der Waals surface area contributed by atoms with Crippen molar-refractivity contribution >= 4 is 64.8 Å². The molecule has 3 rings (SSSR count). The van der Waals surface area contributed by atoms with Crippen LogP contribution in [0.15, 0.2) is 0 Å². The van der Waals surface area contributed by atoms with Crippen LogP contribution in [0.4, 0.5) is 0 Å². The normalized spacial score (nSPS) is 30.5. The Balaban J connectivity index is 1.74. The van der Waals surface area contributed by atoms with Crippen molar-refractivity contribution < 1.29 is 67.8 Å². The van der Waals surface area contributed by atoms with Crippen molar-refractivity contribution in [3.63, 3.8) is 0 Å². The molecule has 3 heterocycles. The summed E-state index contributed by atoms with van der Waals surface area (Å²) in [5.74, 6) is -5.93. The average molecular weight is 1080 g/mol. The molecule has 0 aromatic carbocycles. The first kappa shape index (κ1) is 67.6. The molecule has 6 amide bonds. The molecule has 0 aromatic heterocycles. The van der Waals surface area contributed by atoms with Gasteiger partial charge in [-0.25, -0.2) is 0 Å². The fourth-order valence-electron chi connectivity index (χ4n) is 10.5. The van der Waals surface area contributed by atoms with E-state index in [1.54, 1.807) is 27.7 Å². The van der Waals surface area contributed by atoms with Gasteiger partial charge in [0.2, 0.25) is 35.4 Å². The first-order valence-electron chi connectivity index (χ1n) is 27.8. The number of ketones is 1. The molecule has 3 saturated heterocycles. The monoisotopic (exact) mass is 1080 g/mol. The predicted octanol–water partition coefficient (Wildman–Crippen LogP) is -0.504. The predicted molar refractivity (Wildman–Crippen MR) is 290 cm³/mol. The molecule has 18 unspecified atom stereocenters. The van der Waals surface area contributed by atoms with Gasteiger partial charge >= 0.3 is 0 Å². The van der Waals surface area contributed by atoms with Gasteiger partial charge < -0.3 is 71.5 Å². The largest absolute Gasteiger partial charge is 0.391 e. The summed E-state index contributed by atoms with van der Waals surface area (Å²) in [6, 6.07) is -1.84. The van der Waals surface area contributed by atoms with Crippen molar-refractivity contribution in [2.45, 2.75) is 223 Å². The number of primary amides is 1. The van der Waals surface area contributed by atoms with E-state index in [1.165, 1.54) is 25.7 Å². The molecule has 0 aromatic rings. The first-order valence-corrected chi connectivity index (χ1v) is 27.8. The van der Waals surface area contributed by atoms with E-state index in [0.29, 0.717) is 83.6 Å². The number of Topliss-reactive ketones (excluding diaryl/α,β-unsaturated/α-hetero) is 1. The third kappa shape index (κ3) is 22.4. The zero-order valence-corrected chi connectivity index (χ0v) is 46.9. The van der Waals surface area contributed by atoms with Crippen LogP contribution < -0.4 is 37.6 Å². The van der Waals surface area contributed by atoms with E-state index in [2.05, 4.69) is 31.9 Å². The number of unbranched alkanes of at least 4 members (excludes halogenated alkanes) is 3. The zero-order chi connectivity index (χ0) is 57.5. The fraction of sp³-hybridized carbons (Fsp3) is 0.865. The second-order valence-corrected chi connectivity index (χ2v) is 21.6. The van der Waals surface area contributed by atoms with Gasteiger partial charge in [-0.1, -0.05) is 26.7 Å². The zero-order valence-electron chi connectivity index (χ0n) is 46.9. The van der Waals surface area contributed by atoms with Crippen LogP contribution >= 0.6 is 0 Å². The second kappa shape index (κ2) is 34.5. The Morgan fingerprint density at radius 1 is 0.662 bits per heavy atom. The van der Waals surface area contributed by atoms with Crippen molar-refractivity contribution in [1.82, 2.24) is 36.8 Å². The van der Waals surface area contributed by atoms with Gasteiger partial charge in [-0.05, 0) is 109 Å². The molecular formula is C52H91B3N8O14. The Morgan fingerprint density at radius 2 is 1.12 bits per heavy atom. The molecule has 0 spiro atoms. The van der Waals surface area contributed by atoms with Crippen LogP contribution in [-0.2, 0) is 52.5 Å². The maximum atomic E-state index is 14.5. The highest BCUT2D eigenvalue weighted by molar-refractivity contribution is 6.13. The lowest BCUT2D eigenvalue weighted by Crippen LogP contribution is -2.57. The van der Waals surface area contributed by atoms with Crippen LogP contribution in [0.5, 0.6) is 0 Å². The highest BCUT2D eigenvalue weighted by Crippen LogP contribution is 2.34. The summed E-state index contributed by atoms with van der Waals surface area (Å²) in [6.45, 7) is 13.2. The van der Waals surface area contributed by atoms with Crippen LogP contribution in [0.25, 0.3) is 0 Å². The summed E-state index contributed by atoms with van der Waals surface area (Å²) in [4.78, 5) is 90.8. The molecule has 77 heavy (non-hydrogen) atoms. The van der Waals surface area contributed by atoms with Gasteiger partial charge in [-0.2, -0.15) is 0 Å². The summed E-state index contributed by atoms with van der Waals surface area (Å²) < 4.78 is 24.2. The SMILES string of the molecule is [B]C1C(O)C(C)OC(CCCCNCC(=O)N(CCCCC2OC(C)C(O)C([B])C2NC(C)=O)CC(=O)C(CCCCC2OC(C)C(O)C([B])C2NC(C)=O)COCNCNC(=O)C(CC)CC(C)C(N)=O)C1NC(C)=O. The maximum Gasteiger partial charge on any atom is 0.236 e. The summed E-state index contributed by atoms with van der Waals surface area (Å²) in [7, 11) is 19.0. The number of amides is 6. The second-order valence-electron chi connectivity index (χ2n) is 21.6. The molecule has 18 atom stereocenters. The lowest BCUT2D eigenvalue weighted by molar-refractivity contribution is -0.138. The minimum absolute atomic E-state index is 0.0136. The number of ether oxygens (including phenoxy) is 4. The molecule has 0 bridgehead atoms. The number of nitrogens with zero attached hydrogens (tertiary/aromatic N) is 1. The van der Waals surface area contributed by atoms with Crippen LogP contribution in [-0.4, -0.2) is 204 Å². The van der Waals surface area contributed by atoms with Gasteiger partial charge in [0, 0.05) is 45.1 Å². The van der Waals surface area contributed by atoms with E-state index in [1.807, 2.05) is 6.92 Å². The quantitative estimate of drug-likeness (QED) is 0.0221. The Labute approximate surface area is 460 Å².